The highest BCUT2D eigenvalue weighted by molar-refractivity contribution is 5.22. The SMILES string of the molecule is CNCc1ccc(-n2ccc(C(F)(F)F)n2)nn1. The topological polar surface area (TPSA) is 55.6 Å². The lowest BCUT2D eigenvalue weighted by atomic mass is 10.4. The van der Waals surface area contributed by atoms with Gasteiger partial charge in [-0.2, -0.15) is 23.4 Å². The minimum Gasteiger partial charge on any atom is -0.314 e. The molecule has 0 fully saturated rings. The molecule has 2 aromatic heterocycles. The number of hydrogen-bond donors (Lipinski definition) is 1. The number of halogens is 3. The van der Waals surface area contributed by atoms with E-state index < -0.39 is 11.9 Å². The Morgan fingerprint density at radius 3 is 2.50 bits per heavy atom. The monoisotopic (exact) mass is 257 g/mol. The van der Waals surface area contributed by atoms with Crippen molar-refractivity contribution in [3.63, 3.8) is 0 Å². The summed E-state index contributed by atoms with van der Waals surface area (Å²) in [6, 6.07) is 4.13. The molecule has 0 bridgehead atoms. The van der Waals surface area contributed by atoms with Crippen LogP contribution < -0.4 is 5.32 Å². The molecular weight excluding hydrogens is 247 g/mol. The van der Waals surface area contributed by atoms with Crippen molar-refractivity contribution in [2.75, 3.05) is 7.05 Å². The van der Waals surface area contributed by atoms with Gasteiger partial charge in [0.1, 0.15) is 0 Å². The first-order chi connectivity index (χ1) is 8.50. The molecule has 0 saturated heterocycles. The van der Waals surface area contributed by atoms with Crippen LogP contribution in [0.5, 0.6) is 0 Å². The Labute approximate surface area is 101 Å². The fourth-order valence-electron chi connectivity index (χ4n) is 1.35. The van der Waals surface area contributed by atoms with E-state index in [1.165, 1.54) is 6.20 Å². The molecule has 0 aliphatic rings. The molecule has 0 amide bonds. The van der Waals surface area contributed by atoms with E-state index in [9.17, 15) is 13.2 Å². The molecule has 8 heteroatoms. The first kappa shape index (κ1) is 12.5. The van der Waals surface area contributed by atoms with E-state index >= 15 is 0 Å². The molecule has 96 valence electrons. The molecule has 1 N–H and O–H groups in total. The first-order valence-electron chi connectivity index (χ1n) is 5.11. The van der Waals surface area contributed by atoms with Crippen molar-refractivity contribution in [1.29, 1.82) is 0 Å². The summed E-state index contributed by atoms with van der Waals surface area (Å²) in [7, 11) is 1.76. The minimum atomic E-state index is -4.45. The summed E-state index contributed by atoms with van der Waals surface area (Å²) in [5, 5.41) is 14.0. The Hall–Kier alpha value is -1.96. The second kappa shape index (κ2) is 4.73. The van der Waals surface area contributed by atoms with Gasteiger partial charge in [0.25, 0.3) is 0 Å². The van der Waals surface area contributed by atoms with Gasteiger partial charge in [0.2, 0.25) is 0 Å². The maximum atomic E-state index is 12.4. The van der Waals surface area contributed by atoms with Gasteiger partial charge in [-0.25, -0.2) is 4.68 Å². The predicted molar refractivity (Wildman–Crippen MR) is 56.9 cm³/mol. The zero-order valence-electron chi connectivity index (χ0n) is 9.44. The Bertz CT molecular complexity index is 517. The average molecular weight is 257 g/mol. The first-order valence-corrected chi connectivity index (χ1v) is 5.11. The number of hydrogen-bond acceptors (Lipinski definition) is 4. The number of nitrogens with zero attached hydrogens (tertiary/aromatic N) is 4. The van der Waals surface area contributed by atoms with Gasteiger partial charge >= 0.3 is 6.18 Å². The Morgan fingerprint density at radius 1 is 1.22 bits per heavy atom. The zero-order chi connectivity index (χ0) is 13.2. The van der Waals surface area contributed by atoms with Gasteiger partial charge in [-0.15, -0.1) is 5.10 Å². The van der Waals surface area contributed by atoms with Crippen LogP contribution in [0.15, 0.2) is 24.4 Å². The predicted octanol–water partition coefficient (Wildman–Crippen LogP) is 1.40. The fraction of sp³-hybridized carbons (Fsp3) is 0.300. The largest absolute Gasteiger partial charge is 0.435 e. The number of aromatic nitrogens is 4. The summed E-state index contributed by atoms with van der Waals surface area (Å²) in [6.45, 7) is 0.542. The molecule has 2 aromatic rings. The molecule has 0 aliphatic heterocycles. The summed E-state index contributed by atoms with van der Waals surface area (Å²) < 4.78 is 38.1. The number of rotatable bonds is 3. The van der Waals surface area contributed by atoms with Crippen LogP contribution in [0.3, 0.4) is 0 Å². The zero-order valence-corrected chi connectivity index (χ0v) is 9.44. The molecular formula is C10H10F3N5. The van der Waals surface area contributed by atoms with Gasteiger partial charge in [-0.05, 0) is 25.2 Å². The molecule has 2 rings (SSSR count). The standard InChI is InChI=1S/C10H10F3N5/c1-14-6-7-2-3-9(16-15-7)18-5-4-8(17-18)10(11,12)13/h2-5,14H,6H2,1H3. The van der Waals surface area contributed by atoms with E-state index in [2.05, 4.69) is 20.6 Å². The van der Waals surface area contributed by atoms with Crippen molar-refractivity contribution >= 4 is 0 Å². The van der Waals surface area contributed by atoms with Crippen LogP contribution in [0.4, 0.5) is 13.2 Å². The van der Waals surface area contributed by atoms with Crippen LogP contribution in [0.1, 0.15) is 11.4 Å². The normalized spacial score (nSPS) is 11.8. The van der Waals surface area contributed by atoms with Crippen LogP contribution in [0.25, 0.3) is 5.82 Å². The quantitative estimate of drug-likeness (QED) is 0.903. The molecule has 0 unspecified atom stereocenters. The molecule has 2 heterocycles. The van der Waals surface area contributed by atoms with Crippen LogP contribution in [-0.2, 0) is 12.7 Å². The van der Waals surface area contributed by atoms with Gasteiger partial charge < -0.3 is 5.32 Å². The maximum Gasteiger partial charge on any atom is 0.435 e. The van der Waals surface area contributed by atoms with Gasteiger partial charge in [0.15, 0.2) is 11.5 Å². The van der Waals surface area contributed by atoms with E-state index in [0.717, 1.165) is 10.7 Å². The summed E-state index contributed by atoms with van der Waals surface area (Å²) in [5.74, 6) is 0.241. The van der Waals surface area contributed by atoms with Crippen LogP contribution in [0.2, 0.25) is 0 Å². The summed E-state index contributed by atoms with van der Waals surface area (Å²) in [5.41, 5.74) is -0.256. The van der Waals surface area contributed by atoms with Crippen molar-refractivity contribution < 1.29 is 13.2 Å². The molecule has 0 spiro atoms. The molecule has 0 aromatic carbocycles. The van der Waals surface area contributed by atoms with Crippen LogP contribution >= 0.6 is 0 Å². The summed E-state index contributed by atoms with van der Waals surface area (Å²) in [4.78, 5) is 0. The van der Waals surface area contributed by atoms with E-state index in [1.54, 1.807) is 19.2 Å². The Balaban J connectivity index is 2.23. The average Bonchev–Trinajstić information content (AvgIpc) is 2.79. The van der Waals surface area contributed by atoms with Gasteiger partial charge in [0.05, 0.1) is 5.69 Å². The fourth-order valence-corrected chi connectivity index (χ4v) is 1.35. The molecule has 0 saturated carbocycles. The van der Waals surface area contributed by atoms with Crippen molar-refractivity contribution in [3.05, 3.63) is 35.8 Å². The highest BCUT2D eigenvalue weighted by atomic mass is 19.4. The van der Waals surface area contributed by atoms with Crippen molar-refractivity contribution in [2.24, 2.45) is 0 Å². The third-order valence-corrected chi connectivity index (χ3v) is 2.18. The number of alkyl halides is 3. The van der Waals surface area contributed by atoms with Crippen LogP contribution in [0, 0.1) is 0 Å². The van der Waals surface area contributed by atoms with E-state index in [0.29, 0.717) is 12.2 Å². The Kier molecular flexibility index (Phi) is 3.28. The highest BCUT2D eigenvalue weighted by Crippen LogP contribution is 2.27. The van der Waals surface area contributed by atoms with Crippen LogP contribution in [-0.4, -0.2) is 27.0 Å². The van der Waals surface area contributed by atoms with E-state index in [-0.39, 0.29) is 5.82 Å². The van der Waals surface area contributed by atoms with E-state index in [1.807, 2.05) is 0 Å². The molecule has 0 radical (unpaired) electrons. The minimum absolute atomic E-state index is 0.241. The molecule has 18 heavy (non-hydrogen) atoms. The van der Waals surface area contributed by atoms with Crippen molar-refractivity contribution in [3.8, 4) is 5.82 Å². The third kappa shape index (κ3) is 2.65. The second-order valence-corrected chi connectivity index (χ2v) is 3.56. The lowest BCUT2D eigenvalue weighted by molar-refractivity contribution is -0.141. The maximum absolute atomic E-state index is 12.4. The Morgan fingerprint density at radius 2 is 2.00 bits per heavy atom. The second-order valence-electron chi connectivity index (χ2n) is 3.56. The molecule has 0 aliphatic carbocycles. The molecule has 5 nitrogen and oxygen atoms in total. The molecule has 0 atom stereocenters. The highest BCUT2D eigenvalue weighted by Gasteiger charge is 2.33. The summed E-state index contributed by atoms with van der Waals surface area (Å²) in [6.07, 6.45) is -3.25. The summed E-state index contributed by atoms with van der Waals surface area (Å²) >= 11 is 0. The van der Waals surface area contributed by atoms with Gasteiger partial charge in [-0.1, -0.05) is 0 Å². The third-order valence-electron chi connectivity index (χ3n) is 2.18. The van der Waals surface area contributed by atoms with Gasteiger partial charge in [-0.3, -0.25) is 0 Å². The van der Waals surface area contributed by atoms with Crippen molar-refractivity contribution in [2.45, 2.75) is 12.7 Å². The van der Waals surface area contributed by atoms with E-state index in [4.69, 9.17) is 0 Å². The lowest BCUT2D eigenvalue weighted by Gasteiger charge is -2.02. The van der Waals surface area contributed by atoms with Crippen molar-refractivity contribution in [1.82, 2.24) is 25.3 Å². The smallest absolute Gasteiger partial charge is 0.314 e. The number of nitrogens with one attached hydrogen (secondary N) is 1. The van der Waals surface area contributed by atoms with Gasteiger partial charge in [0, 0.05) is 12.7 Å². The lowest BCUT2D eigenvalue weighted by Crippen LogP contribution is -2.10.